The molecule has 0 spiro atoms. The molecule has 31 heteroatoms. The van der Waals surface area contributed by atoms with E-state index >= 15 is 0 Å². The first-order chi connectivity index (χ1) is 14.7. The summed E-state index contributed by atoms with van der Waals surface area (Å²) in [6.07, 6.45) is 0. The van der Waals surface area contributed by atoms with E-state index in [4.69, 9.17) is 58.7 Å². The molecule has 1 aromatic rings. The Kier molecular flexibility index (Phi) is 126. The third-order valence-corrected chi connectivity index (χ3v) is 1.27. The third kappa shape index (κ3) is 298. The Morgan fingerprint density at radius 1 is 0.410 bits per heavy atom. The molecule has 1 rings (SSSR count). The fourth-order valence-electron chi connectivity index (χ4n) is 0.726. The number of halogens is 6. The first-order valence-corrected chi connectivity index (χ1v) is 26.5. The summed E-state index contributed by atoms with van der Waals surface area (Å²) in [6, 6.07) is 10.3. The van der Waals surface area contributed by atoms with Gasteiger partial charge in [-0.15, -0.1) is 0 Å². The van der Waals surface area contributed by atoms with E-state index in [0.29, 0.717) is 0 Å². The Hall–Kier alpha value is 1.83. The molecule has 0 bridgehead atoms. The maximum atomic E-state index is 8.82. The van der Waals surface area contributed by atoms with E-state index in [1.54, 1.807) is 0 Å². The number of hydrogen-bond donors (Lipinski definition) is 12. The van der Waals surface area contributed by atoms with Crippen LogP contribution in [-0.2, 0) is 18.1 Å². The van der Waals surface area contributed by atoms with Crippen molar-refractivity contribution in [2.24, 2.45) is 0 Å². The van der Waals surface area contributed by atoms with Gasteiger partial charge in [0.2, 0.25) is 0 Å². The topological polar surface area (TPSA) is 348 Å². The first-order valence-electron chi connectivity index (χ1n) is 6.52. The van der Waals surface area contributed by atoms with Crippen molar-refractivity contribution < 1.29 is 87.0 Å². The van der Waals surface area contributed by atoms with Gasteiger partial charge < -0.3 is 4.90 Å². The molecule has 6 radical (unpaired) electrons. The van der Waals surface area contributed by atoms with Crippen molar-refractivity contribution >= 4 is 132 Å². The molecule has 0 amide bonds. The van der Waals surface area contributed by atoms with Crippen LogP contribution >= 0.6 is 0 Å². The van der Waals surface area contributed by atoms with Crippen molar-refractivity contribution in [1.29, 1.82) is 0 Å². The molecule has 0 saturated carbocycles. The van der Waals surface area contributed by atoms with E-state index in [2.05, 4.69) is 17.0 Å². The van der Waals surface area contributed by atoms with Crippen LogP contribution in [0.25, 0.3) is 0 Å². The Bertz CT molecular complexity index is 580. The zero-order valence-corrected chi connectivity index (χ0v) is 34.1. The summed E-state index contributed by atoms with van der Waals surface area (Å²) in [7, 11) is 4.07. The van der Waals surface area contributed by atoms with Crippen LogP contribution in [0, 0.1) is 0 Å². The molecule has 0 unspecified atom stereocenters. The molecular formula is C8H29F6NO18Sb6. The van der Waals surface area contributed by atoms with Gasteiger partial charge in [0.15, 0.2) is 0 Å². The second kappa shape index (κ2) is 63.2. The van der Waals surface area contributed by atoms with Crippen LogP contribution in [0.5, 0.6) is 0 Å². The van der Waals surface area contributed by atoms with Gasteiger partial charge in [-0.1, -0.05) is 18.2 Å². The molecule has 1 aromatic carbocycles. The molecule has 0 heterocycles. The van der Waals surface area contributed by atoms with Crippen molar-refractivity contribution in [3.05, 3.63) is 30.3 Å². The van der Waals surface area contributed by atoms with E-state index in [1.807, 2.05) is 32.3 Å². The van der Waals surface area contributed by atoms with Gasteiger partial charge >= 0.3 is 185 Å². The van der Waals surface area contributed by atoms with Crippen LogP contribution in [0.4, 0.5) is 33.9 Å². The maximum absolute atomic E-state index is 8.82. The van der Waals surface area contributed by atoms with Crippen molar-refractivity contribution in [2.75, 3.05) is 19.0 Å². The van der Waals surface area contributed by atoms with Crippen LogP contribution in [0.2, 0.25) is 0 Å². The standard InChI is InChI=1S/C8H11N.6FH.12H2O.6O.6Sb/c1-9(2)8-6-4-3-5-7-8;;;;;;;;;;;;;;;;;;;;;;;;;;;;;;/h3-7H,1-2H3;6*1H;12*1H2;;;;;;;;;;;;/q;;;;;;;;;;;;;;;;;;;;;;;;;6*+2/p-12. The van der Waals surface area contributed by atoms with E-state index in [-0.39, 0.29) is 28.2 Å². The zero-order chi connectivity index (χ0) is 28.2. The van der Waals surface area contributed by atoms with Crippen LogP contribution in [0.3, 0.4) is 0 Å². The Morgan fingerprint density at radius 2 is 0.538 bits per heavy atom. The average Bonchev–Trinajstić information content (AvgIpc) is 2.52. The number of hydrogen-bond acceptors (Lipinski definition) is 7. The van der Waals surface area contributed by atoms with Gasteiger partial charge in [0.1, 0.15) is 0 Å². The average molecular weight is 1270 g/mol. The zero-order valence-electron chi connectivity index (χ0n) is 18.8. The van der Waals surface area contributed by atoms with Gasteiger partial charge in [0, 0.05) is 19.8 Å². The molecule has 0 aliphatic heterocycles. The van der Waals surface area contributed by atoms with Crippen molar-refractivity contribution in [3.63, 3.8) is 0 Å². The number of anilines is 1. The van der Waals surface area contributed by atoms with Gasteiger partial charge in [-0.25, -0.2) is 0 Å². The molecule has 19 nitrogen and oxygen atoms in total. The molecule has 0 aliphatic carbocycles. The van der Waals surface area contributed by atoms with Crippen molar-refractivity contribution in [2.45, 2.75) is 0 Å². The van der Waals surface area contributed by atoms with E-state index in [9.17, 15) is 0 Å². The second-order valence-electron chi connectivity index (χ2n) is 3.75. The predicted molar refractivity (Wildman–Crippen MR) is 121 cm³/mol. The first kappa shape index (κ1) is 77.9. The summed E-state index contributed by atoms with van der Waals surface area (Å²) < 4.78 is 140. The Labute approximate surface area is 264 Å². The number of para-hydroxylation sites is 1. The van der Waals surface area contributed by atoms with Gasteiger partial charge in [0.05, 0.1) is 0 Å². The molecule has 0 aromatic heterocycles. The van der Waals surface area contributed by atoms with Crippen molar-refractivity contribution in [3.8, 4) is 0 Å². The fourth-order valence-corrected chi connectivity index (χ4v) is 0.726. The molecule has 12 N–H and O–H groups in total. The normalized spacial score (nSPS) is 6.10. The Balaban J connectivity index is -0.0000000220. The summed E-state index contributed by atoms with van der Waals surface area (Å²) >= 11 is -22.2. The molecule has 0 atom stereocenters. The SMILES string of the molecule is CN(C)c1ccccc1.F.F.F.F.F.F.[O]=[Sb]([OH])[OH].[O]=[Sb]([OH])[OH].[O]=[Sb]([OH])[OH].[O]=[Sb]([OH])[OH].[O]=[Sb]([OH])[OH].[O]=[Sb]([OH])[OH]. The summed E-state index contributed by atoms with van der Waals surface area (Å²) in [4.78, 5) is 2.08. The van der Waals surface area contributed by atoms with Gasteiger partial charge in [-0.2, -0.15) is 0 Å². The fraction of sp³-hybridized carbons (Fsp3) is 0.250. The van der Waals surface area contributed by atoms with E-state index in [0.717, 1.165) is 0 Å². The van der Waals surface area contributed by atoms with Crippen LogP contribution in [0.15, 0.2) is 30.3 Å². The molecule has 0 fully saturated rings. The molecule has 246 valence electrons. The molecular weight excluding hydrogens is 1240 g/mol. The number of benzene rings is 1. The van der Waals surface area contributed by atoms with E-state index in [1.165, 1.54) is 5.69 Å². The third-order valence-electron chi connectivity index (χ3n) is 1.27. The molecule has 0 saturated heterocycles. The van der Waals surface area contributed by atoms with Crippen LogP contribution in [0.1, 0.15) is 0 Å². The number of nitrogens with zero attached hydrogens (tertiary/aromatic N) is 1. The second-order valence-corrected chi connectivity index (χ2v) is 12.4. The van der Waals surface area contributed by atoms with Crippen molar-refractivity contribution in [1.82, 2.24) is 0 Å². The summed E-state index contributed by atoms with van der Waals surface area (Å²) in [6.45, 7) is 0. The minimum atomic E-state index is -3.70. The van der Waals surface area contributed by atoms with Crippen LogP contribution in [-0.4, -0.2) is 181 Å². The molecule has 0 aliphatic rings. The van der Waals surface area contributed by atoms with Gasteiger partial charge in [0.25, 0.3) is 0 Å². The molecule has 39 heavy (non-hydrogen) atoms. The number of rotatable bonds is 1. The summed E-state index contributed by atoms with van der Waals surface area (Å²) in [5, 5.41) is 0. The Morgan fingerprint density at radius 3 is 0.615 bits per heavy atom. The quantitative estimate of drug-likeness (QED) is 0.0918. The predicted octanol–water partition coefficient (Wildman–Crippen LogP) is -7.01. The summed E-state index contributed by atoms with van der Waals surface area (Å²) in [5.41, 5.74) is 1.25. The monoisotopic (exact) mass is 1270 g/mol. The van der Waals surface area contributed by atoms with Gasteiger partial charge in [-0.3, -0.25) is 28.2 Å². The van der Waals surface area contributed by atoms with Gasteiger partial charge in [-0.05, 0) is 12.1 Å². The summed E-state index contributed by atoms with van der Waals surface area (Å²) in [5.74, 6) is 0. The van der Waals surface area contributed by atoms with E-state index < -0.39 is 126 Å². The minimum absolute atomic E-state index is 0. The van der Waals surface area contributed by atoms with Crippen LogP contribution < -0.4 is 4.90 Å².